The Bertz CT molecular complexity index is 1130. The highest BCUT2D eigenvalue weighted by molar-refractivity contribution is 7.59. The van der Waals surface area contributed by atoms with Gasteiger partial charge in [0.2, 0.25) is 11.8 Å². The Morgan fingerprint density at radius 3 is 2.44 bits per heavy atom. The number of nitrogens with zero attached hydrogens (tertiary/aromatic N) is 2. The van der Waals surface area contributed by atoms with Crippen molar-refractivity contribution in [2.75, 3.05) is 6.61 Å². The van der Waals surface area contributed by atoms with Crippen LogP contribution >= 0.6 is 13.5 Å². The van der Waals surface area contributed by atoms with Crippen LogP contribution in [-0.4, -0.2) is 39.5 Å². The Morgan fingerprint density at radius 2 is 1.81 bits per heavy atom. The Morgan fingerprint density at radius 1 is 1.16 bits per heavy atom. The van der Waals surface area contributed by atoms with Crippen molar-refractivity contribution < 1.29 is 19.1 Å². The molecule has 0 radical (unpaired) electrons. The van der Waals surface area contributed by atoms with Crippen molar-refractivity contribution in [1.82, 2.24) is 10.2 Å². The van der Waals surface area contributed by atoms with Crippen LogP contribution < -0.4 is 16.2 Å². The first kappa shape index (κ1) is 23.8. The fourth-order valence-corrected chi connectivity index (χ4v) is 3.82. The second-order valence-corrected chi connectivity index (χ2v) is 8.33. The lowest BCUT2D eigenvalue weighted by Crippen LogP contribution is -2.48. The van der Waals surface area contributed by atoms with Gasteiger partial charge in [-0.15, -0.1) is 10.2 Å². The third kappa shape index (κ3) is 4.79. The van der Waals surface area contributed by atoms with Crippen LogP contribution in [0, 0.1) is 0 Å². The first-order valence-electron chi connectivity index (χ1n) is 10.2. The smallest absolute Gasteiger partial charge is 0.252 e. The third-order valence-electron chi connectivity index (χ3n) is 5.48. The monoisotopic (exact) mass is 456 g/mol. The topological polar surface area (TPSA) is 137 Å². The molecule has 0 spiro atoms. The van der Waals surface area contributed by atoms with Crippen molar-refractivity contribution in [3.63, 3.8) is 0 Å². The van der Waals surface area contributed by atoms with Gasteiger partial charge in [-0.2, -0.15) is 13.5 Å². The van der Waals surface area contributed by atoms with Crippen LogP contribution in [0.3, 0.4) is 0 Å². The van der Waals surface area contributed by atoms with Crippen molar-refractivity contribution in [3.05, 3.63) is 53.1 Å². The number of aryl methyl sites for hydroxylation is 1. The van der Waals surface area contributed by atoms with E-state index in [0.717, 1.165) is 24.0 Å². The molecular formula is C23H28N4O4S. The van der Waals surface area contributed by atoms with Gasteiger partial charge in [0.15, 0.2) is 0 Å². The normalized spacial score (nSPS) is 17.5. The van der Waals surface area contributed by atoms with E-state index in [1.807, 2.05) is 32.0 Å². The maximum Gasteiger partial charge on any atom is 0.252 e. The molecule has 9 heteroatoms. The first-order valence-corrected chi connectivity index (χ1v) is 10.2. The zero-order chi connectivity index (χ0) is 22.2. The fraction of sp³-hybridized carbons (Fsp3) is 0.348. The van der Waals surface area contributed by atoms with Gasteiger partial charge in [-0.1, -0.05) is 6.07 Å². The highest BCUT2D eigenvalue weighted by Crippen LogP contribution is 2.32. The van der Waals surface area contributed by atoms with Crippen LogP contribution in [-0.2, 0) is 12.8 Å². The molecule has 0 unspecified atom stereocenters. The molecule has 0 bridgehead atoms. The van der Waals surface area contributed by atoms with Crippen molar-refractivity contribution in [2.24, 2.45) is 11.5 Å². The summed E-state index contributed by atoms with van der Waals surface area (Å²) in [6.45, 7) is 3.69. The van der Waals surface area contributed by atoms with Crippen molar-refractivity contribution >= 4 is 19.4 Å². The molecule has 1 aromatic heterocycles. The summed E-state index contributed by atoms with van der Waals surface area (Å²) >= 11 is 0. The van der Waals surface area contributed by atoms with Crippen molar-refractivity contribution in [2.45, 2.75) is 44.8 Å². The molecule has 1 amide bonds. The van der Waals surface area contributed by atoms with Crippen LogP contribution in [0.4, 0.5) is 0 Å². The Balaban J connectivity index is 0.00000289. The molecule has 1 aliphatic rings. The minimum absolute atomic E-state index is 0. The number of carbonyl (C=O) groups excluding carboxylic acids is 1. The summed E-state index contributed by atoms with van der Waals surface area (Å²) in [6.07, 6.45) is 2.07. The molecule has 8 nitrogen and oxygen atoms in total. The molecule has 3 aromatic rings. The van der Waals surface area contributed by atoms with Crippen LogP contribution in [0.1, 0.15) is 41.8 Å². The Labute approximate surface area is 193 Å². The zero-order valence-electron chi connectivity index (χ0n) is 18.1. The van der Waals surface area contributed by atoms with E-state index in [4.69, 9.17) is 20.6 Å². The molecular weight excluding hydrogens is 428 g/mol. The van der Waals surface area contributed by atoms with Crippen LogP contribution in [0.15, 0.2) is 40.8 Å². The molecule has 32 heavy (non-hydrogen) atoms. The number of aromatic nitrogens is 2. The number of aliphatic hydroxyl groups is 1. The average Bonchev–Trinajstić information content (AvgIpc) is 3.23. The summed E-state index contributed by atoms with van der Waals surface area (Å²) in [5.74, 6) is 0.448. The molecule has 0 fully saturated rings. The second kappa shape index (κ2) is 9.32. The molecule has 1 aliphatic carbocycles. The molecule has 5 N–H and O–H groups in total. The minimum Gasteiger partial charge on any atom is -0.490 e. The van der Waals surface area contributed by atoms with Crippen LogP contribution in [0.2, 0.25) is 0 Å². The van der Waals surface area contributed by atoms with Gasteiger partial charge in [0.05, 0.1) is 18.3 Å². The molecule has 0 aliphatic heterocycles. The number of benzene rings is 2. The molecule has 1 heterocycles. The van der Waals surface area contributed by atoms with E-state index in [0.29, 0.717) is 23.6 Å². The molecule has 4 rings (SSSR count). The summed E-state index contributed by atoms with van der Waals surface area (Å²) in [7, 11) is 0. The third-order valence-corrected chi connectivity index (χ3v) is 5.48. The number of hydrogen-bond acceptors (Lipinski definition) is 7. The number of carbonyl (C=O) groups is 1. The van der Waals surface area contributed by atoms with Gasteiger partial charge >= 0.3 is 0 Å². The predicted octanol–water partition coefficient (Wildman–Crippen LogP) is 2.58. The first-order chi connectivity index (χ1) is 14.8. The van der Waals surface area contributed by atoms with E-state index in [2.05, 4.69) is 10.2 Å². The van der Waals surface area contributed by atoms with Crippen LogP contribution in [0.25, 0.3) is 22.9 Å². The van der Waals surface area contributed by atoms with E-state index in [9.17, 15) is 9.90 Å². The molecule has 0 saturated carbocycles. The summed E-state index contributed by atoms with van der Waals surface area (Å²) in [5.41, 5.74) is 15.1. The fourth-order valence-electron chi connectivity index (χ4n) is 3.82. The lowest BCUT2D eigenvalue weighted by atomic mass is 9.78. The molecule has 170 valence electrons. The van der Waals surface area contributed by atoms with Gasteiger partial charge in [0, 0.05) is 16.7 Å². The summed E-state index contributed by atoms with van der Waals surface area (Å²) in [6, 6.07) is 11.0. The zero-order valence-corrected chi connectivity index (χ0v) is 19.1. The standard InChI is InChI=1S/C23H26N4O4.H2S/c1-13(2)30-19-6-5-16(10-18(19)20(24)29)22-27-26-21(31-22)15-4-3-14-7-8-23(25,12-28)11-17(14)9-15;/h3-6,9-10,13,28H,7-8,11-12,25H2,1-2H3,(H2,24,29);1H2/t23-;/m0./s1. The number of primary amides is 1. The summed E-state index contributed by atoms with van der Waals surface area (Å²) in [5, 5.41) is 17.9. The van der Waals surface area contributed by atoms with Crippen LogP contribution in [0.5, 0.6) is 5.75 Å². The van der Waals surface area contributed by atoms with E-state index in [1.54, 1.807) is 18.2 Å². The summed E-state index contributed by atoms with van der Waals surface area (Å²) < 4.78 is 11.5. The van der Waals surface area contributed by atoms with Crippen molar-refractivity contribution in [1.29, 1.82) is 0 Å². The van der Waals surface area contributed by atoms with E-state index in [1.165, 1.54) is 5.56 Å². The maximum absolute atomic E-state index is 11.9. The lowest BCUT2D eigenvalue weighted by molar-refractivity contribution is 0.0994. The number of amides is 1. The summed E-state index contributed by atoms with van der Waals surface area (Å²) in [4.78, 5) is 11.9. The molecule has 1 atom stereocenters. The lowest BCUT2D eigenvalue weighted by Gasteiger charge is -2.33. The SMILES string of the molecule is CC(C)Oc1ccc(-c2nnc(-c3ccc4c(c3)C[C@](N)(CO)CC4)o2)cc1C(N)=O.S. The maximum atomic E-state index is 11.9. The number of ether oxygens (including phenoxy) is 1. The van der Waals surface area contributed by atoms with Gasteiger partial charge in [-0.25, -0.2) is 0 Å². The average molecular weight is 457 g/mol. The quantitative estimate of drug-likeness (QED) is 0.518. The number of hydrogen-bond donors (Lipinski definition) is 3. The minimum atomic E-state index is -0.601. The van der Waals surface area contributed by atoms with E-state index < -0.39 is 11.4 Å². The highest BCUT2D eigenvalue weighted by Gasteiger charge is 2.30. The van der Waals surface area contributed by atoms with Gasteiger partial charge < -0.3 is 25.7 Å². The second-order valence-electron chi connectivity index (χ2n) is 8.33. The van der Waals surface area contributed by atoms with Gasteiger partial charge in [0.25, 0.3) is 5.91 Å². The Kier molecular flexibility index (Phi) is 6.92. The highest BCUT2D eigenvalue weighted by atomic mass is 32.1. The molecule has 0 saturated heterocycles. The van der Waals surface area contributed by atoms with E-state index in [-0.39, 0.29) is 37.7 Å². The van der Waals surface area contributed by atoms with Gasteiger partial charge in [-0.05, 0) is 74.6 Å². The number of rotatable bonds is 6. The number of fused-ring (bicyclic) bond motifs is 1. The predicted molar refractivity (Wildman–Crippen MR) is 126 cm³/mol. The molecule has 2 aromatic carbocycles. The van der Waals surface area contributed by atoms with Crippen molar-refractivity contribution in [3.8, 4) is 28.7 Å². The Hall–Kier alpha value is -2.88. The number of nitrogens with two attached hydrogens (primary N) is 2. The van der Waals surface area contributed by atoms with Gasteiger partial charge in [0.1, 0.15) is 5.75 Å². The largest absolute Gasteiger partial charge is 0.490 e. The number of aliphatic hydroxyl groups excluding tert-OH is 1. The van der Waals surface area contributed by atoms with E-state index >= 15 is 0 Å². The van der Waals surface area contributed by atoms with Gasteiger partial charge in [-0.3, -0.25) is 4.79 Å².